The first-order valence-corrected chi connectivity index (χ1v) is 8.51. The summed E-state index contributed by atoms with van der Waals surface area (Å²) in [4.78, 5) is 15.4. The number of aryl methyl sites for hydroxylation is 1. The van der Waals surface area contributed by atoms with Gasteiger partial charge >= 0.3 is 6.18 Å². The van der Waals surface area contributed by atoms with Crippen molar-refractivity contribution in [1.29, 1.82) is 0 Å². The number of carbonyl (C=O) groups excluding carboxylic acids is 1. The minimum atomic E-state index is -4.38. The third-order valence-electron chi connectivity index (χ3n) is 4.00. The van der Waals surface area contributed by atoms with Crippen molar-refractivity contribution in [3.8, 4) is 22.8 Å². The Kier molecular flexibility index (Phi) is 5.63. The zero-order chi connectivity index (χ0) is 20.1. The fraction of sp³-hybridized carbons (Fsp3) is 0.143. The summed E-state index contributed by atoms with van der Waals surface area (Å²) < 4.78 is 43.4. The largest absolute Gasteiger partial charge is 0.457 e. The molecule has 0 atom stereocenters. The fourth-order valence-corrected chi connectivity index (χ4v) is 2.57. The molecule has 0 unspecified atom stereocenters. The maximum atomic E-state index is 12.6. The summed E-state index contributed by atoms with van der Waals surface area (Å²) in [5, 5.41) is 0. The summed E-state index contributed by atoms with van der Waals surface area (Å²) in [6.07, 6.45) is -3.67. The van der Waals surface area contributed by atoms with Gasteiger partial charge in [0.15, 0.2) is 0 Å². The quantitative estimate of drug-likeness (QED) is 0.650. The molecule has 28 heavy (non-hydrogen) atoms. The number of primary amides is 1. The van der Waals surface area contributed by atoms with E-state index in [1.807, 2.05) is 18.2 Å². The number of ether oxygens (including phenoxy) is 1. The van der Waals surface area contributed by atoms with E-state index in [9.17, 15) is 18.0 Å². The number of carbonyl (C=O) groups is 1. The van der Waals surface area contributed by atoms with Crippen LogP contribution in [0.25, 0.3) is 11.3 Å². The molecule has 3 rings (SSSR count). The molecule has 144 valence electrons. The van der Waals surface area contributed by atoms with Crippen LogP contribution in [0.3, 0.4) is 0 Å². The van der Waals surface area contributed by atoms with Gasteiger partial charge in [0.05, 0.1) is 11.3 Å². The van der Waals surface area contributed by atoms with Crippen LogP contribution in [0.15, 0.2) is 66.7 Å². The number of amides is 1. The third kappa shape index (κ3) is 5.09. The number of benzene rings is 2. The van der Waals surface area contributed by atoms with Crippen LogP contribution in [0.2, 0.25) is 0 Å². The second kappa shape index (κ2) is 8.12. The third-order valence-corrected chi connectivity index (χ3v) is 4.00. The summed E-state index contributed by atoms with van der Waals surface area (Å²) in [5.41, 5.74) is 6.79. The summed E-state index contributed by atoms with van der Waals surface area (Å²) in [5.74, 6) is 0.428. The molecule has 0 aliphatic carbocycles. The van der Waals surface area contributed by atoms with E-state index in [1.165, 1.54) is 12.1 Å². The molecule has 7 heteroatoms. The summed E-state index contributed by atoms with van der Waals surface area (Å²) in [6.45, 7) is 0. The smallest absolute Gasteiger partial charge is 0.416 e. The number of alkyl halides is 3. The molecule has 1 amide bonds. The van der Waals surface area contributed by atoms with Gasteiger partial charge < -0.3 is 10.5 Å². The first-order valence-electron chi connectivity index (χ1n) is 8.51. The van der Waals surface area contributed by atoms with Gasteiger partial charge in [-0.2, -0.15) is 13.2 Å². The summed E-state index contributed by atoms with van der Waals surface area (Å²) in [6, 6.07) is 17.1. The standard InChI is InChI=1S/C21H17F3N2O2/c22-21(23,24)15-6-11-18(12-7-15)28-17-9-4-14(5-10-17)19-3-1-2-16(26-19)8-13-20(25)27/h1-7,9-12H,8,13H2,(H2,25,27). The van der Waals surface area contributed by atoms with Gasteiger partial charge in [-0.25, -0.2) is 0 Å². The highest BCUT2D eigenvalue weighted by molar-refractivity contribution is 5.74. The zero-order valence-corrected chi connectivity index (χ0v) is 14.7. The molecular weight excluding hydrogens is 369 g/mol. The van der Waals surface area contributed by atoms with Crippen LogP contribution in [0, 0.1) is 0 Å². The van der Waals surface area contributed by atoms with Crippen molar-refractivity contribution in [2.45, 2.75) is 19.0 Å². The molecule has 1 heterocycles. The van der Waals surface area contributed by atoms with Gasteiger partial charge in [-0.3, -0.25) is 9.78 Å². The van der Waals surface area contributed by atoms with E-state index in [0.717, 1.165) is 29.1 Å². The van der Waals surface area contributed by atoms with Crippen LogP contribution in [0.5, 0.6) is 11.5 Å². The molecule has 1 aromatic heterocycles. The van der Waals surface area contributed by atoms with Crippen molar-refractivity contribution in [2.24, 2.45) is 5.73 Å². The van der Waals surface area contributed by atoms with E-state index in [1.54, 1.807) is 24.3 Å². The van der Waals surface area contributed by atoms with Crippen molar-refractivity contribution in [3.05, 3.63) is 78.0 Å². The average molecular weight is 386 g/mol. The molecule has 2 aromatic carbocycles. The lowest BCUT2D eigenvalue weighted by Gasteiger charge is -2.10. The zero-order valence-electron chi connectivity index (χ0n) is 14.7. The number of nitrogens with zero attached hydrogens (tertiary/aromatic N) is 1. The van der Waals surface area contributed by atoms with Gasteiger partial charge in [0.25, 0.3) is 0 Å². The van der Waals surface area contributed by atoms with E-state index >= 15 is 0 Å². The Morgan fingerprint density at radius 3 is 2.11 bits per heavy atom. The highest BCUT2D eigenvalue weighted by atomic mass is 19.4. The number of hydrogen-bond acceptors (Lipinski definition) is 3. The van der Waals surface area contributed by atoms with Crippen LogP contribution in [0.4, 0.5) is 13.2 Å². The minimum Gasteiger partial charge on any atom is -0.457 e. The lowest BCUT2D eigenvalue weighted by molar-refractivity contribution is -0.137. The maximum absolute atomic E-state index is 12.6. The monoisotopic (exact) mass is 386 g/mol. The number of rotatable bonds is 6. The Bertz CT molecular complexity index is 953. The molecule has 2 N–H and O–H groups in total. The van der Waals surface area contributed by atoms with Crippen molar-refractivity contribution >= 4 is 5.91 Å². The first kappa shape index (κ1) is 19.4. The van der Waals surface area contributed by atoms with Crippen molar-refractivity contribution in [2.75, 3.05) is 0 Å². The van der Waals surface area contributed by atoms with Crippen molar-refractivity contribution in [3.63, 3.8) is 0 Å². The Labute approximate surface area is 159 Å². The normalized spacial score (nSPS) is 11.2. The Balaban J connectivity index is 1.70. The molecular formula is C21H17F3N2O2. The molecule has 4 nitrogen and oxygen atoms in total. The van der Waals surface area contributed by atoms with E-state index < -0.39 is 11.7 Å². The molecule has 0 aliphatic heterocycles. The molecule has 3 aromatic rings. The second-order valence-electron chi connectivity index (χ2n) is 6.13. The second-order valence-corrected chi connectivity index (χ2v) is 6.13. The number of halogens is 3. The van der Waals surface area contributed by atoms with E-state index in [2.05, 4.69) is 4.98 Å². The fourth-order valence-electron chi connectivity index (χ4n) is 2.57. The van der Waals surface area contributed by atoms with Gasteiger partial charge in [0, 0.05) is 17.7 Å². The highest BCUT2D eigenvalue weighted by Gasteiger charge is 2.30. The van der Waals surface area contributed by atoms with Crippen LogP contribution < -0.4 is 10.5 Å². The van der Waals surface area contributed by atoms with E-state index in [0.29, 0.717) is 17.9 Å². The molecule has 0 radical (unpaired) electrons. The predicted octanol–water partition coefficient (Wildman–Crippen LogP) is 4.98. The highest BCUT2D eigenvalue weighted by Crippen LogP contribution is 2.31. The Morgan fingerprint density at radius 2 is 1.54 bits per heavy atom. The van der Waals surface area contributed by atoms with Crippen LogP contribution in [-0.4, -0.2) is 10.9 Å². The molecule has 0 fully saturated rings. The Morgan fingerprint density at radius 1 is 0.929 bits per heavy atom. The van der Waals surface area contributed by atoms with Gasteiger partial charge in [-0.1, -0.05) is 6.07 Å². The summed E-state index contributed by atoms with van der Waals surface area (Å²) >= 11 is 0. The number of aromatic nitrogens is 1. The van der Waals surface area contributed by atoms with Gasteiger partial charge in [0.2, 0.25) is 5.91 Å². The topological polar surface area (TPSA) is 65.2 Å². The molecule has 0 bridgehead atoms. The SMILES string of the molecule is NC(=O)CCc1cccc(-c2ccc(Oc3ccc(C(F)(F)F)cc3)cc2)n1. The van der Waals surface area contributed by atoms with E-state index in [-0.39, 0.29) is 12.3 Å². The van der Waals surface area contributed by atoms with Crippen LogP contribution in [-0.2, 0) is 17.4 Å². The molecule has 0 saturated heterocycles. The lowest BCUT2D eigenvalue weighted by Crippen LogP contribution is -2.11. The van der Waals surface area contributed by atoms with Gasteiger partial charge in [-0.15, -0.1) is 0 Å². The minimum absolute atomic E-state index is 0.232. The molecule has 0 saturated carbocycles. The van der Waals surface area contributed by atoms with Gasteiger partial charge in [-0.05, 0) is 67.1 Å². The van der Waals surface area contributed by atoms with E-state index in [4.69, 9.17) is 10.5 Å². The van der Waals surface area contributed by atoms with Crippen LogP contribution >= 0.6 is 0 Å². The number of nitrogens with two attached hydrogens (primary N) is 1. The number of hydrogen-bond donors (Lipinski definition) is 1. The molecule has 0 spiro atoms. The average Bonchev–Trinajstić information content (AvgIpc) is 2.67. The number of pyridine rings is 1. The van der Waals surface area contributed by atoms with Crippen molar-refractivity contribution in [1.82, 2.24) is 4.98 Å². The molecule has 0 aliphatic rings. The first-order chi connectivity index (χ1) is 13.3. The summed E-state index contributed by atoms with van der Waals surface area (Å²) in [7, 11) is 0. The predicted molar refractivity (Wildman–Crippen MR) is 98.7 cm³/mol. The lowest BCUT2D eigenvalue weighted by atomic mass is 10.1. The van der Waals surface area contributed by atoms with Crippen molar-refractivity contribution < 1.29 is 22.7 Å². The van der Waals surface area contributed by atoms with Crippen LogP contribution in [0.1, 0.15) is 17.7 Å². The maximum Gasteiger partial charge on any atom is 0.416 e. The van der Waals surface area contributed by atoms with Gasteiger partial charge in [0.1, 0.15) is 11.5 Å². The Hall–Kier alpha value is -3.35.